The molecule has 0 amide bonds. The predicted molar refractivity (Wildman–Crippen MR) is 180 cm³/mol. The molecule has 2 fully saturated rings. The van der Waals surface area contributed by atoms with Crippen molar-refractivity contribution in [3.63, 3.8) is 0 Å². The summed E-state index contributed by atoms with van der Waals surface area (Å²) >= 11 is 0. The van der Waals surface area contributed by atoms with Crippen LogP contribution in [0.1, 0.15) is 12.5 Å². The minimum atomic E-state index is -6.19. The van der Waals surface area contributed by atoms with Crippen LogP contribution in [0.5, 0.6) is 0 Å². The Hall–Kier alpha value is -3.03. The van der Waals surface area contributed by atoms with Crippen molar-refractivity contribution >= 4 is 73.2 Å². The van der Waals surface area contributed by atoms with E-state index in [0.717, 1.165) is 28.1 Å². The Morgan fingerprint density at radius 2 is 1.24 bits per heavy atom. The number of nitrogen functional groups attached to an aromatic ring is 2. The van der Waals surface area contributed by atoms with Gasteiger partial charge in [-0.15, -0.1) is 0 Å². The molecule has 33 nitrogen and oxygen atoms in total. The van der Waals surface area contributed by atoms with Gasteiger partial charge in [0.2, 0.25) is 5.95 Å². The van der Waals surface area contributed by atoms with Crippen LogP contribution < -0.4 is 17.0 Å². The van der Waals surface area contributed by atoms with E-state index in [1.54, 1.807) is 0 Å². The Morgan fingerprint density at radius 1 is 0.690 bits per heavy atom. The molecule has 6 heterocycles. The maximum Gasteiger partial charge on any atom is 0.490 e. The summed E-state index contributed by atoms with van der Waals surface area (Å²) in [5.74, 6) is -0.492. The number of imidazole rings is 2. The first-order chi connectivity index (χ1) is 26.8. The van der Waals surface area contributed by atoms with Gasteiger partial charge in [0, 0.05) is 0 Å². The lowest BCUT2D eigenvalue weighted by molar-refractivity contribution is -0.0509. The molecule has 0 radical (unpaired) electrons. The summed E-state index contributed by atoms with van der Waals surface area (Å²) in [5, 5.41) is 32.0. The van der Waals surface area contributed by atoms with Gasteiger partial charge in [0.1, 0.15) is 48.5 Å². The molecule has 12 atom stereocenters. The molecule has 38 heteroatoms. The van der Waals surface area contributed by atoms with Gasteiger partial charge in [-0.05, 0) is 0 Å². The lowest BCUT2D eigenvalue weighted by Gasteiger charge is -2.24. The van der Waals surface area contributed by atoms with E-state index in [4.69, 9.17) is 30.7 Å². The number of hydrogen-bond acceptors (Lipinski definition) is 24. The second kappa shape index (κ2) is 16.1. The number of phosphoric ester groups is 3. The van der Waals surface area contributed by atoms with Gasteiger partial charge < -0.3 is 65.6 Å². The van der Waals surface area contributed by atoms with E-state index in [0.29, 0.717) is 0 Å². The van der Waals surface area contributed by atoms with Gasteiger partial charge >= 0.3 is 39.1 Å². The third-order valence-corrected chi connectivity index (χ3v) is 14.2. The van der Waals surface area contributed by atoms with Crippen LogP contribution in [-0.2, 0) is 58.8 Å². The van der Waals surface area contributed by atoms with Crippen molar-refractivity contribution in [2.45, 2.75) is 49.1 Å². The third-order valence-electron chi connectivity index (χ3n) is 7.71. The summed E-state index contributed by atoms with van der Waals surface area (Å²) < 4.78 is 99.9. The Bertz CT molecular complexity index is 2500. The minimum Gasteiger partial charge on any atom is -0.387 e. The highest BCUT2D eigenvalue weighted by Gasteiger charge is 2.52. The Labute approximate surface area is 318 Å². The summed E-state index contributed by atoms with van der Waals surface area (Å²) in [4.78, 5) is 91.9. The Morgan fingerprint density at radius 3 is 1.86 bits per heavy atom. The number of rotatable bonds is 16. The molecule has 58 heavy (non-hydrogen) atoms. The largest absolute Gasteiger partial charge is 0.490 e. The number of hydrogen-bond donors (Lipinski definition) is 12. The summed E-state index contributed by atoms with van der Waals surface area (Å²) in [5.41, 5.74) is 9.82. The molecule has 2 aliphatic heterocycles. The zero-order valence-corrected chi connectivity index (χ0v) is 32.5. The number of nitrogens with zero attached hydrogens (tertiary/aromatic N) is 7. The number of aromatic nitrogens is 8. The van der Waals surface area contributed by atoms with E-state index in [1.807, 2.05) is 0 Å². The zero-order valence-electron chi connectivity index (χ0n) is 28.0. The van der Waals surface area contributed by atoms with E-state index in [9.17, 15) is 62.5 Å². The minimum absolute atomic E-state index is 0.0337. The second-order valence-electron chi connectivity index (χ2n) is 11.7. The summed E-state index contributed by atoms with van der Waals surface area (Å²) in [6.45, 7) is -2.57. The number of fused-ring (bicyclic) bond motifs is 2. The number of nitrogens with one attached hydrogen (secondary N) is 1. The third kappa shape index (κ3) is 9.94. The van der Waals surface area contributed by atoms with E-state index in [1.165, 1.54) is 0 Å². The summed E-state index contributed by atoms with van der Waals surface area (Å²) in [6, 6.07) is 0. The molecule has 2 aliphatic rings. The van der Waals surface area contributed by atoms with Gasteiger partial charge in [0.15, 0.2) is 35.1 Å². The first kappa shape index (κ1) is 44.5. The van der Waals surface area contributed by atoms with Crippen LogP contribution in [0, 0.1) is 0 Å². The standard InChI is InChI=1S/C20H29N10O23P5/c21-14-8-15(24-3-23-14)29(4-25-8)18-11(32)10(31)6(48-18)1-46-55(38,39)52-58(44,45)53-56(40,41)47-2-7-13(50-57(42,43)51-54(35,36)37)12(33)19(49-7)30-5-26-9-16(30)27-20(22)28-17(9)34/h3-7,10-13,18-19,31-33H,1-2H2,(H,38,39)(H,40,41)(H,42,43)(H,44,45)(H2,21,23,24)(H2,35,36,37)(H3,22,27,28,34)/t6-,7-,10-,11-,12-,13-,18-,19-/m1/s1. The van der Waals surface area contributed by atoms with Crippen molar-refractivity contribution in [1.29, 1.82) is 0 Å². The molecule has 6 rings (SSSR count). The maximum absolute atomic E-state index is 12.7. The lowest BCUT2D eigenvalue weighted by Crippen LogP contribution is -2.36. The monoisotopic (exact) mass is 932 g/mol. The van der Waals surface area contributed by atoms with E-state index < -0.39 is 113 Å². The van der Waals surface area contributed by atoms with Crippen LogP contribution in [0.25, 0.3) is 22.3 Å². The normalized spacial score (nSPS) is 29.6. The van der Waals surface area contributed by atoms with Crippen LogP contribution in [0.3, 0.4) is 0 Å². The fourth-order valence-electron chi connectivity index (χ4n) is 5.46. The summed E-state index contributed by atoms with van der Waals surface area (Å²) in [6.07, 6.45) is -12.1. The molecule has 4 unspecified atom stereocenters. The highest BCUT2D eigenvalue weighted by molar-refractivity contribution is 7.66. The lowest BCUT2D eigenvalue weighted by atomic mass is 10.1. The van der Waals surface area contributed by atoms with Crippen molar-refractivity contribution in [3.8, 4) is 0 Å². The van der Waals surface area contributed by atoms with Crippen molar-refractivity contribution in [3.05, 3.63) is 29.3 Å². The number of ether oxygens (including phenoxy) is 2. The number of phosphoric acid groups is 5. The van der Waals surface area contributed by atoms with Gasteiger partial charge in [0.25, 0.3) is 5.56 Å². The van der Waals surface area contributed by atoms with E-state index in [-0.39, 0.29) is 28.1 Å². The summed E-state index contributed by atoms with van der Waals surface area (Å²) in [7, 11) is -29.6. The average Bonchev–Trinajstić information content (AvgIpc) is 3.82. The highest BCUT2D eigenvalue weighted by atomic mass is 31.3. The van der Waals surface area contributed by atoms with Crippen LogP contribution in [0.2, 0.25) is 0 Å². The fraction of sp³-hybridized carbons (Fsp3) is 0.500. The highest BCUT2D eigenvalue weighted by Crippen LogP contribution is 2.68. The van der Waals surface area contributed by atoms with Gasteiger partial charge in [-0.3, -0.25) is 32.5 Å². The van der Waals surface area contributed by atoms with Gasteiger partial charge in [0.05, 0.1) is 25.9 Å². The smallest absolute Gasteiger partial charge is 0.387 e. The molecule has 0 bridgehead atoms. The SMILES string of the molecule is Nc1nc2c(ncn2[C@@H]2O[C@H](COP(=O)(O)OP(=O)(O)OP(=O)(O)OC[C@H]3O[C@@H](n4cnc5c(N)ncnc54)[C@H](O)[C@@H]3O)[C@@H](OP(=O)(O)OP(=O)(O)O)[C@H]2O)c(=O)[nH]1. The number of aromatic amines is 1. The number of aliphatic hydroxyl groups excluding tert-OH is 3. The molecule has 2 saturated heterocycles. The van der Waals surface area contributed by atoms with Gasteiger partial charge in [-0.25, -0.2) is 42.8 Å². The number of nitrogens with two attached hydrogens (primary N) is 2. The van der Waals surface area contributed by atoms with Crippen molar-refractivity contribution in [2.24, 2.45) is 0 Å². The Kier molecular flexibility index (Phi) is 12.4. The quantitative estimate of drug-likeness (QED) is 0.0497. The Balaban J connectivity index is 1.11. The van der Waals surface area contributed by atoms with E-state index >= 15 is 0 Å². The molecule has 0 spiro atoms. The fourth-order valence-corrected chi connectivity index (χ4v) is 10.8. The predicted octanol–water partition coefficient (Wildman–Crippen LogP) is -3.04. The van der Waals surface area contributed by atoms with Crippen LogP contribution in [0.15, 0.2) is 23.8 Å². The molecule has 4 aromatic heterocycles. The van der Waals surface area contributed by atoms with Crippen molar-refractivity contribution < 1.29 is 103 Å². The number of H-pyrrole nitrogens is 1. The topological polar surface area (TPSA) is 500 Å². The van der Waals surface area contributed by atoms with Crippen LogP contribution >= 0.6 is 39.1 Å². The van der Waals surface area contributed by atoms with Crippen molar-refractivity contribution in [2.75, 3.05) is 24.7 Å². The number of aliphatic hydroxyl groups is 3. The van der Waals surface area contributed by atoms with Gasteiger partial charge in [-0.2, -0.15) is 17.9 Å². The molecular weight excluding hydrogens is 903 g/mol. The zero-order chi connectivity index (χ0) is 42.7. The number of anilines is 2. The van der Waals surface area contributed by atoms with Crippen LogP contribution in [-0.4, -0.2) is 134 Å². The first-order valence-corrected chi connectivity index (χ1v) is 22.8. The maximum atomic E-state index is 12.7. The molecular formula is C20H29N10O23P5. The van der Waals surface area contributed by atoms with Gasteiger partial charge in [-0.1, -0.05) is 0 Å². The van der Waals surface area contributed by atoms with Crippen molar-refractivity contribution in [1.82, 2.24) is 39.0 Å². The molecule has 4 aromatic rings. The molecule has 0 aromatic carbocycles. The first-order valence-electron chi connectivity index (χ1n) is 15.2. The van der Waals surface area contributed by atoms with Crippen LogP contribution in [0.4, 0.5) is 11.8 Å². The molecule has 322 valence electrons. The molecule has 0 saturated carbocycles. The van der Waals surface area contributed by atoms with E-state index in [2.05, 4.69) is 56.4 Å². The average molecular weight is 932 g/mol. The second-order valence-corrected chi connectivity index (χ2v) is 19.1. The molecule has 14 N–H and O–H groups in total. The molecule has 0 aliphatic carbocycles.